The molecular formula is C10H10F3NO3. The van der Waals surface area contributed by atoms with Crippen molar-refractivity contribution in [2.24, 2.45) is 0 Å². The maximum Gasteiger partial charge on any atom is 0.573 e. The van der Waals surface area contributed by atoms with E-state index in [1.54, 1.807) is 0 Å². The first-order valence-corrected chi connectivity index (χ1v) is 4.63. The predicted octanol–water partition coefficient (Wildman–Crippen LogP) is 2.47. The van der Waals surface area contributed by atoms with Crippen LogP contribution in [0.3, 0.4) is 0 Å². The highest BCUT2D eigenvalue weighted by molar-refractivity contribution is 5.76. The molecule has 4 nitrogen and oxygen atoms in total. The van der Waals surface area contributed by atoms with E-state index in [-0.39, 0.29) is 5.75 Å². The molecule has 0 aliphatic rings. The van der Waals surface area contributed by atoms with Gasteiger partial charge in [-0.25, -0.2) is 0 Å². The van der Waals surface area contributed by atoms with E-state index in [9.17, 15) is 18.0 Å². The summed E-state index contributed by atoms with van der Waals surface area (Å²) in [6.07, 6.45) is -4.73. The molecule has 0 aromatic heterocycles. The lowest BCUT2D eigenvalue weighted by Crippen LogP contribution is -2.25. The first-order valence-electron chi connectivity index (χ1n) is 4.63. The minimum atomic E-state index is -4.73. The molecule has 0 aliphatic heterocycles. The molecule has 1 rings (SSSR count). The first-order chi connectivity index (χ1) is 7.78. The van der Waals surface area contributed by atoms with Gasteiger partial charge < -0.3 is 15.2 Å². The summed E-state index contributed by atoms with van der Waals surface area (Å²) >= 11 is 0. The number of carboxylic acids is 1. The highest BCUT2D eigenvalue weighted by atomic mass is 19.4. The number of ether oxygens (including phenoxy) is 1. The van der Waals surface area contributed by atoms with Crippen LogP contribution in [0.4, 0.5) is 18.9 Å². The number of rotatable bonds is 4. The summed E-state index contributed by atoms with van der Waals surface area (Å²) in [6, 6.07) is 3.99. The topological polar surface area (TPSA) is 58.6 Å². The zero-order valence-corrected chi connectivity index (χ0v) is 8.78. The Morgan fingerprint density at radius 1 is 1.35 bits per heavy atom. The maximum atomic E-state index is 11.8. The summed E-state index contributed by atoms with van der Waals surface area (Å²) in [5, 5.41) is 11.2. The largest absolute Gasteiger partial charge is 0.573 e. The molecule has 1 aromatic carbocycles. The third-order valence-corrected chi connectivity index (χ3v) is 1.84. The van der Waals surface area contributed by atoms with Crippen molar-refractivity contribution in [3.05, 3.63) is 24.3 Å². The van der Waals surface area contributed by atoms with Crippen LogP contribution in [0.5, 0.6) is 5.75 Å². The van der Waals surface area contributed by atoms with E-state index in [4.69, 9.17) is 5.11 Å². The molecule has 1 atom stereocenters. The van der Waals surface area contributed by atoms with Gasteiger partial charge in [-0.3, -0.25) is 4.79 Å². The molecule has 0 amide bonds. The average Bonchev–Trinajstić information content (AvgIpc) is 2.18. The molecule has 17 heavy (non-hydrogen) atoms. The van der Waals surface area contributed by atoms with Crippen LogP contribution in [0.2, 0.25) is 0 Å². The van der Waals surface area contributed by atoms with Gasteiger partial charge in [-0.1, -0.05) is 0 Å². The number of alkyl halides is 3. The molecule has 0 spiro atoms. The molecule has 1 aromatic rings. The fraction of sp³-hybridized carbons (Fsp3) is 0.300. The molecule has 0 heterocycles. The maximum absolute atomic E-state index is 11.8. The van der Waals surface area contributed by atoms with E-state index in [0.29, 0.717) is 5.69 Å². The Bertz CT molecular complexity index is 389. The highest BCUT2D eigenvalue weighted by Crippen LogP contribution is 2.24. The van der Waals surface area contributed by atoms with Gasteiger partial charge in [0.25, 0.3) is 0 Å². The van der Waals surface area contributed by atoms with Crippen molar-refractivity contribution in [3.8, 4) is 5.75 Å². The molecule has 0 saturated carbocycles. The molecule has 94 valence electrons. The standard InChI is InChI=1S/C10H10F3NO3/c1-6(9(15)16)14-7-2-4-8(5-3-7)17-10(11,12)13/h2-6,14H,1H3,(H,15,16)/t6-/m1/s1. The number of carbonyl (C=O) groups is 1. The van der Waals surface area contributed by atoms with Crippen molar-refractivity contribution in [3.63, 3.8) is 0 Å². The summed E-state index contributed by atoms with van der Waals surface area (Å²) in [5.74, 6) is -1.41. The Morgan fingerprint density at radius 3 is 2.29 bits per heavy atom. The molecule has 0 fully saturated rings. The summed E-state index contributed by atoms with van der Waals surface area (Å²) < 4.78 is 39.2. The number of anilines is 1. The molecule has 0 bridgehead atoms. The quantitative estimate of drug-likeness (QED) is 0.860. The van der Waals surface area contributed by atoms with Gasteiger partial charge in [-0.15, -0.1) is 13.2 Å². The Morgan fingerprint density at radius 2 is 1.88 bits per heavy atom. The van der Waals surface area contributed by atoms with Gasteiger partial charge in [0, 0.05) is 5.69 Å². The number of nitrogens with one attached hydrogen (secondary N) is 1. The predicted molar refractivity (Wildman–Crippen MR) is 53.8 cm³/mol. The lowest BCUT2D eigenvalue weighted by atomic mass is 10.2. The van der Waals surface area contributed by atoms with Crippen LogP contribution in [-0.4, -0.2) is 23.5 Å². The van der Waals surface area contributed by atoms with Crippen LogP contribution < -0.4 is 10.1 Å². The zero-order chi connectivity index (χ0) is 13.1. The lowest BCUT2D eigenvalue weighted by Gasteiger charge is -2.12. The molecule has 0 radical (unpaired) electrons. The molecule has 2 N–H and O–H groups in total. The third kappa shape index (κ3) is 4.62. The van der Waals surface area contributed by atoms with E-state index in [2.05, 4.69) is 10.1 Å². The number of carboxylic acid groups (broad SMARTS) is 1. The number of hydrogen-bond acceptors (Lipinski definition) is 3. The fourth-order valence-electron chi connectivity index (χ4n) is 1.06. The van der Waals surface area contributed by atoms with Gasteiger partial charge in [-0.05, 0) is 31.2 Å². The average molecular weight is 249 g/mol. The van der Waals surface area contributed by atoms with Crippen LogP contribution in [0.15, 0.2) is 24.3 Å². The SMILES string of the molecule is C[C@@H](Nc1ccc(OC(F)(F)F)cc1)C(=O)O. The Balaban J connectivity index is 2.65. The summed E-state index contributed by atoms with van der Waals surface area (Å²) in [5.41, 5.74) is 0.398. The highest BCUT2D eigenvalue weighted by Gasteiger charge is 2.30. The molecule has 0 aliphatic carbocycles. The van der Waals surface area contributed by atoms with Gasteiger partial charge in [0.05, 0.1) is 0 Å². The summed E-state index contributed by atoms with van der Waals surface area (Å²) in [6.45, 7) is 1.42. The van der Waals surface area contributed by atoms with Gasteiger partial charge >= 0.3 is 12.3 Å². The minimum Gasteiger partial charge on any atom is -0.480 e. The van der Waals surface area contributed by atoms with Crippen LogP contribution in [-0.2, 0) is 4.79 Å². The number of hydrogen-bond donors (Lipinski definition) is 2. The lowest BCUT2D eigenvalue weighted by molar-refractivity contribution is -0.274. The van der Waals surface area contributed by atoms with Gasteiger partial charge in [-0.2, -0.15) is 0 Å². The number of benzene rings is 1. The van der Waals surface area contributed by atoms with E-state index in [0.717, 1.165) is 12.1 Å². The van der Waals surface area contributed by atoms with Gasteiger partial charge in [0.2, 0.25) is 0 Å². The Hall–Kier alpha value is -1.92. The second-order valence-corrected chi connectivity index (χ2v) is 3.28. The number of aliphatic carboxylic acids is 1. The van der Waals surface area contributed by atoms with Crippen LogP contribution in [0.1, 0.15) is 6.92 Å². The number of halogens is 3. The van der Waals surface area contributed by atoms with Crippen molar-refractivity contribution < 1.29 is 27.8 Å². The van der Waals surface area contributed by atoms with E-state index >= 15 is 0 Å². The van der Waals surface area contributed by atoms with E-state index in [1.807, 2.05) is 0 Å². The monoisotopic (exact) mass is 249 g/mol. The van der Waals surface area contributed by atoms with E-state index in [1.165, 1.54) is 19.1 Å². The van der Waals surface area contributed by atoms with Crippen LogP contribution in [0.25, 0.3) is 0 Å². The second-order valence-electron chi connectivity index (χ2n) is 3.28. The zero-order valence-electron chi connectivity index (χ0n) is 8.78. The fourth-order valence-corrected chi connectivity index (χ4v) is 1.06. The Labute approximate surface area is 95.0 Å². The summed E-state index contributed by atoms with van der Waals surface area (Å²) in [4.78, 5) is 10.5. The van der Waals surface area contributed by atoms with Crippen LogP contribution in [0, 0.1) is 0 Å². The summed E-state index contributed by atoms with van der Waals surface area (Å²) in [7, 11) is 0. The van der Waals surface area contributed by atoms with Crippen molar-refractivity contribution >= 4 is 11.7 Å². The van der Waals surface area contributed by atoms with Crippen molar-refractivity contribution in [2.75, 3.05) is 5.32 Å². The second kappa shape index (κ2) is 4.94. The van der Waals surface area contributed by atoms with Crippen LogP contribution >= 0.6 is 0 Å². The molecule has 0 unspecified atom stereocenters. The molecule has 7 heteroatoms. The third-order valence-electron chi connectivity index (χ3n) is 1.84. The van der Waals surface area contributed by atoms with Crippen molar-refractivity contribution in [2.45, 2.75) is 19.3 Å². The van der Waals surface area contributed by atoms with Crippen molar-refractivity contribution in [1.82, 2.24) is 0 Å². The smallest absolute Gasteiger partial charge is 0.480 e. The Kier molecular flexibility index (Phi) is 3.82. The van der Waals surface area contributed by atoms with Crippen molar-refractivity contribution in [1.29, 1.82) is 0 Å². The minimum absolute atomic E-state index is 0.356. The normalized spacial score (nSPS) is 12.9. The molecular weight excluding hydrogens is 239 g/mol. The van der Waals surface area contributed by atoms with Gasteiger partial charge in [0.15, 0.2) is 0 Å². The first kappa shape index (κ1) is 13.1. The molecule has 0 saturated heterocycles. The van der Waals surface area contributed by atoms with E-state index < -0.39 is 18.4 Å². The van der Waals surface area contributed by atoms with Gasteiger partial charge in [0.1, 0.15) is 11.8 Å².